The largest absolute Gasteiger partial charge is 0.389 e. The molecule has 0 aliphatic heterocycles. The van der Waals surface area contributed by atoms with Gasteiger partial charge in [0.25, 0.3) is 0 Å². The van der Waals surface area contributed by atoms with Gasteiger partial charge in [0, 0.05) is 0 Å². The van der Waals surface area contributed by atoms with Crippen LogP contribution in [0.3, 0.4) is 0 Å². The average molecular weight is 223 g/mol. The maximum absolute atomic E-state index is 13.0. The number of halogens is 1. The van der Waals surface area contributed by atoms with E-state index in [1.54, 1.807) is 19.9 Å². The van der Waals surface area contributed by atoms with E-state index >= 15 is 0 Å². The van der Waals surface area contributed by atoms with Crippen molar-refractivity contribution in [3.63, 3.8) is 0 Å². The Morgan fingerprint density at radius 3 is 2.25 bits per heavy atom. The standard InChI is InChI=1S/C12H14FNO2/c1-7-5-9(13)6-8(2)11(7)12(16)10(15)3-4-14/h5-6,10,12,15-16H,3H2,1-2H3. The second kappa shape index (κ2) is 5.06. The zero-order valence-electron chi connectivity index (χ0n) is 9.24. The number of rotatable bonds is 3. The highest BCUT2D eigenvalue weighted by atomic mass is 19.1. The van der Waals surface area contributed by atoms with Crippen molar-refractivity contribution in [2.45, 2.75) is 32.5 Å². The fraction of sp³-hybridized carbons (Fsp3) is 0.417. The Bertz CT molecular complexity index is 403. The van der Waals surface area contributed by atoms with E-state index < -0.39 is 12.2 Å². The lowest BCUT2D eigenvalue weighted by atomic mass is 9.94. The van der Waals surface area contributed by atoms with Gasteiger partial charge in [-0.05, 0) is 42.7 Å². The van der Waals surface area contributed by atoms with Gasteiger partial charge in [0.15, 0.2) is 0 Å². The Labute approximate surface area is 93.8 Å². The van der Waals surface area contributed by atoms with Crippen LogP contribution in [0.25, 0.3) is 0 Å². The lowest BCUT2D eigenvalue weighted by molar-refractivity contribution is 0.0208. The molecule has 0 aliphatic rings. The first-order valence-corrected chi connectivity index (χ1v) is 4.97. The zero-order chi connectivity index (χ0) is 12.3. The Morgan fingerprint density at radius 1 is 1.31 bits per heavy atom. The summed E-state index contributed by atoms with van der Waals surface area (Å²) < 4.78 is 13.0. The lowest BCUT2D eigenvalue weighted by Crippen LogP contribution is -2.19. The van der Waals surface area contributed by atoms with E-state index in [1.165, 1.54) is 12.1 Å². The van der Waals surface area contributed by atoms with Gasteiger partial charge in [-0.1, -0.05) is 0 Å². The average Bonchev–Trinajstić information content (AvgIpc) is 2.16. The van der Waals surface area contributed by atoms with E-state index in [-0.39, 0.29) is 12.2 Å². The van der Waals surface area contributed by atoms with Crippen LogP contribution in [0.5, 0.6) is 0 Å². The van der Waals surface area contributed by atoms with Crippen LogP contribution >= 0.6 is 0 Å². The normalized spacial score (nSPS) is 14.2. The molecular formula is C12H14FNO2. The lowest BCUT2D eigenvalue weighted by Gasteiger charge is -2.20. The monoisotopic (exact) mass is 223 g/mol. The minimum Gasteiger partial charge on any atom is -0.389 e. The third kappa shape index (κ3) is 2.57. The van der Waals surface area contributed by atoms with Crippen molar-refractivity contribution in [1.29, 1.82) is 5.26 Å². The van der Waals surface area contributed by atoms with Gasteiger partial charge < -0.3 is 10.2 Å². The van der Waals surface area contributed by atoms with Crippen molar-refractivity contribution in [2.75, 3.05) is 0 Å². The summed E-state index contributed by atoms with van der Waals surface area (Å²) in [5.74, 6) is -0.374. The molecule has 0 saturated heterocycles. The number of hydrogen-bond acceptors (Lipinski definition) is 3. The number of aliphatic hydroxyl groups is 2. The molecule has 0 aliphatic carbocycles. The minimum atomic E-state index is -1.15. The molecule has 2 N–H and O–H groups in total. The Kier molecular flexibility index (Phi) is 3.99. The number of nitrogens with zero attached hydrogens (tertiary/aromatic N) is 1. The van der Waals surface area contributed by atoms with Gasteiger partial charge in [-0.15, -0.1) is 0 Å². The summed E-state index contributed by atoms with van der Waals surface area (Å²) in [4.78, 5) is 0. The van der Waals surface area contributed by atoms with Crippen LogP contribution in [0.2, 0.25) is 0 Å². The molecule has 1 rings (SSSR count). The number of nitriles is 1. The van der Waals surface area contributed by atoms with Gasteiger partial charge >= 0.3 is 0 Å². The van der Waals surface area contributed by atoms with Crippen molar-refractivity contribution in [2.24, 2.45) is 0 Å². The quantitative estimate of drug-likeness (QED) is 0.820. The van der Waals surface area contributed by atoms with Crippen LogP contribution in [0.4, 0.5) is 4.39 Å². The van der Waals surface area contributed by atoms with Crippen LogP contribution in [0, 0.1) is 31.0 Å². The molecular weight excluding hydrogens is 209 g/mol. The third-order valence-electron chi connectivity index (χ3n) is 2.52. The first-order valence-electron chi connectivity index (χ1n) is 4.97. The molecule has 0 fully saturated rings. The molecule has 0 spiro atoms. The van der Waals surface area contributed by atoms with Crippen molar-refractivity contribution in [1.82, 2.24) is 0 Å². The number of aliphatic hydroxyl groups excluding tert-OH is 2. The number of benzene rings is 1. The highest BCUT2D eigenvalue weighted by molar-refractivity contribution is 5.36. The smallest absolute Gasteiger partial charge is 0.123 e. The molecule has 16 heavy (non-hydrogen) atoms. The maximum Gasteiger partial charge on any atom is 0.123 e. The molecule has 0 radical (unpaired) electrons. The van der Waals surface area contributed by atoms with Gasteiger partial charge in [-0.25, -0.2) is 4.39 Å². The van der Waals surface area contributed by atoms with E-state index in [0.717, 1.165) is 0 Å². The maximum atomic E-state index is 13.0. The van der Waals surface area contributed by atoms with Crippen LogP contribution in [0.15, 0.2) is 12.1 Å². The minimum absolute atomic E-state index is 0.155. The summed E-state index contributed by atoms with van der Waals surface area (Å²) >= 11 is 0. The van der Waals surface area contributed by atoms with Crippen LogP contribution in [-0.2, 0) is 0 Å². The van der Waals surface area contributed by atoms with Gasteiger partial charge in [0.2, 0.25) is 0 Å². The van der Waals surface area contributed by atoms with E-state index in [1.807, 2.05) is 0 Å². The summed E-state index contributed by atoms with van der Waals surface area (Å²) in [6.07, 6.45) is -2.45. The topological polar surface area (TPSA) is 64.2 Å². The van der Waals surface area contributed by atoms with Gasteiger partial charge in [-0.2, -0.15) is 5.26 Å². The molecule has 2 atom stereocenters. The Balaban J connectivity index is 3.09. The molecule has 0 bridgehead atoms. The van der Waals surface area contributed by atoms with Crippen molar-refractivity contribution < 1.29 is 14.6 Å². The second-order valence-electron chi connectivity index (χ2n) is 3.83. The Morgan fingerprint density at radius 2 is 1.81 bits per heavy atom. The summed E-state index contributed by atoms with van der Waals surface area (Å²) in [5.41, 5.74) is 1.63. The molecule has 0 aromatic heterocycles. The van der Waals surface area contributed by atoms with Crippen molar-refractivity contribution in [3.05, 3.63) is 34.6 Å². The Hall–Kier alpha value is -1.44. The highest BCUT2D eigenvalue weighted by Crippen LogP contribution is 2.26. The van der Waals surface area contributed by atoms with Crippen molar-refractivity contribution >= 4 is 0 Å². The number of aryl methyl sites for hydroxylation is 2. The molecule has 0 heterocycles. The van der Waals surface area contributed by atoms with E-state index in [4.69, 9.17) is 5.26 Å². The summed E-state index contributed by atoms with van der Waals surface area (Å²) in [7, 11) is 0. The second-order valence-corrected chi connectivity index (χ2v) is 3.83. The predicted molar refractivity (Wildman–Crippen MR) is 57.1 cm³/mol. The first kappa shape index (κ1) is 12.6. The van der Waals surface area contributed by atoms with Gasteiger partial charge in [-0.3, -0.25) is 0 Å². The predicted octanol–water partition coefficient (Wildman–Crippen LogP) is 1.75. The van der Waals surface area contributed by atoms with Crippen LogP contribution in [0.1, 0.15) is 29.2 Å². The highest BCUT2D eigenvalue weighted by Gasteiger charge is 2.22. The fourth-order valence-corrected chi connectivity index (χ4v) is 1.79. The molecule has 0 amide bonds. The first-order chi connectivity index (χ1) is 7.47. The molecule has 0 saturated carbocycles. The van der Waals surface area contributed by atoms with Gasteiger partial charge in [0.05, 0.1) is 18.6 Å². The third-order valence-corrected chi connectivity index (χ3v) is 2.52. The molecule has 2 unspecified atom stereocenters. The van der Waals surface area contributed by atoms with Gasteiger partial charge in [0.1, 0.15) is 11.9 Å². The molecule has 1 aromatic carbocycles. The molecule has 3 nitrogen and oxygen atoms in total. The summed E-state index contributed by atoms with van der Waals surface area (Å²) in [6, 6.07) is 4.38. The molecule has 4 heteroatoms. The fourth-order valence-electron chi connectivity index (χ4n) is 1.79. The molecule has 1 aromatic rings. The molecule has 86 valence electrons. The van der Waals surface area contributed by atoms with Crippen LogP contribution in [-0.4, -0.2) is 16.3 Å². The van der Waals surface area contributed by atoms with Crippen LogP contribution < -0.4 is 0 Å². The van der Waals surface area contributed by atoms with E-state index in [2.05, 4.69) is 0 Å². The number of hydrogen-bond donors (Lipinski definition) is 2. The van der Waals surface area contributed by atoms with E-state index in [9.17, 15) is 14.6 Å². The SMILES string of the molecule is Cc1cc(F)cc(C)c1C(O)C(O)CC#N. The summed E-state index contributed by atoms with van der Waals surface area (Å²) in [6.45, 7) is 3.32. The van der Waals surface area contributed by atoms with E-state index in [0.29, 0.717) is 16.7 Å². The summed E-state index contributed by atoms with van der Waals surface area (Å²) in [5, 5.41) is 27.8. The zero-order valence-corrected chi connectivity index (χ0v) is 9.24. The van der Waals surface area contributed by atoms with Crippen molar-refractivity contribution in [3.8, 4) is 6.07 Å².